The van der Waals surface area contributed by atoms with Gasteiger partial charge in [-0.25, -0.2) is 0 Å². The highest BCUT2D eigenvalue weighted by molar-refractivity contribution is 5.84. The van der Waals surface area contributed by atoms with Gasteiger partial charge in [0.15, 0.2) is 0 Å². The third kappa shape index (κ3) is 2.38. The number of hydrogen-bond donors (Lipinski definition) is 2. The van der Waals surface area contributed by atoms with Crippen molar-refractivity contribution in [3.05, 3.63) is 35.4 Å². The Labute approximate surface area is 113 Å². The lowest BCUT2D eigenvalue weighted by Crippen LogP contribution is -2.44. The van der Waals surface area contributed by atoms with Crippen molar-refractivity contribution in [2.24, 2.45) is 0 Å². The van der Waals surface area contributed by atoms with Gasteiger partial charge in [-0.2, -0.15) is 0 Å². The van der Waals surface area contributed by atoms with Crippen LogP contribution < -0.4 is 5.32 Å². The van der Waals surface area contributed by atoms with Crippen molar-refractivity contribution in [1.29, 1.82) is 0 Å². The molecule has 19 heavy (non-hydrogen) atoms. The first-order valence-corrected chi connectivity index (χ1v) is 6.89. The average molecular weight is 260 g/mol. The van der Waals surface area contributed by atoms with E-state index in [4.69, 9.17) is 0 Å². The number of benzene rings is 1. The van der Waals surface area contributed by atoms with Crippen molar-refractivity contribution >= 4 is 5.91 Å². The fraction of sp³-hybridized carbons (Fsp3) is 0.533. The van der Waals surface area contributed by atoms with Crippen molar-refractivity contribution in [3.8, 4) is 0 Å². The first kappa shape index (κ1) is 12.6. The zero-order chi connectivity index (χ0) is 13.5. The highest BCUT2D eigenvalue weighted by atomic mass is 16.3. The molecule has 3 rings (SSSR count). The van der Waals surface area contributed by atoms with Crippen molar-refractivity contribution in [2.45, 2.75) is 31.4 Å². The summed E-state index contributed by atoms with van der Waals surface area (Å²) in [6, 6.07) is 7.87. The maximum absolute atomic E-state index is 12.6. The molecule has 1 aromatic rings. The molecule has 1 fully saturated rings. The number of carbonyl (C=O) groups excluding carboxylic acids is 1. The monoisotopic (exact) mass is 260 g/mol. The minimum atomic E-state index is -0.732. The molecule has 0 aliphatic carbocycles. The quantitative estimate of drug-likeness (QED) is 0.787. The molecule has 2 aliphatic rings. The standard InChI is InChI=1S/C15H20N2O2/c1-15(19)7-9-17(10-15)14(18)13-12-5-3-2-4-11(12)6-8-16-13/h2-5,13,16,19H,6-10H2,1H3. The minimum Gasteiger partial charge on any atom is -0.388 e. The molecule has 102 valence electrons. The molecule has 4 nitrogen and oxygen atoms in total. The molecule has 4 heteroatoms. The molecule has 2 aliphatic heterocycles. The van der Waals surface area contributed by atoms with Crippen LogP contribution in [0.4, 0.5) is 0 Å². The predicted octanol–water partition coefficient (Wildman–Crippen LogP) is 0.857. The van der Waals surface area contributed by atoms with Gasteiger partial charge in [-0.1, -0.05) is 24.3 Å². The van der Waals surface area contributed by atoms with E-state index in [9.17, 15) is 9.90 Å². The Morgan fingerprint density at radius 1 is 1.47 bits per heavy atom. The maximum atomic E-state index is 12.6. The van der Waals surface area contributed by atoms with Gasteiger partial charge in [0.1, 0.15) is 6.04 Å². The highest BCUT2D eigenvalue weighted by Gasteiger charge is 2.37. The molecular formula is C15H20N2O2. The second-order valence-corrected chi connectivity index (χ2v) is 5.84. The summed E-state index contributed by atoms with van der Waals surface area (Å²) in [6.45, 7) is 3.71. The number of hydrogen-bond acceptors (Lipinski definition) is 3. The van der Waals surface area contributed by atoms with E-state index >= 15 is 0 Å². The first-order chi connectivity index (χ1) is 9.07. The van der Waals surface area contributed by atoms with Gasteiger partial charge >= 0.3 is 0 Å². The van der Waals surface area contributed by atoms with Crippen LogP contribution in [0.25, 0.3) is 0 Å². The maximum Gasteiger partial charge on any atom is 0.244 e. The molecule has 0 bridgehead atoms. The summed E-state index contributed by atoms with van der Waals surface area (Å²) >= 11 is 0. The Morgan fingerprint density at radius 2 is 2.26 bits per heavy atom. The van der Waals surface area contributed by atoms with Crippen LogP contribution in [0.1, 0.15) is 30.5 Å². The van der Waals surface area contributed by atoms with Crippen LogP contribution in [-0.4, -0.2) is 41.1 Å². The number of β-amino-alcohol motifs (C(OH)–C–C–N with tert-alkyl or cyclic N) is 1. The predicted molar refractivity (Wildman–Crippen MR) is 72.7 cm³/mol. The van der Waals surface area contributed by atoms with Gasteiger partial charge in [0.05, 0.1) is 5.60 Å². The van der Waals surface area contributed by atoms with Crippen LogP contribution in [-0.2, 0) is 11.2 Å². The summed E-state index contributed by atoms with van der Waals surface area (Å²) in [5.41, 5.74) is 1.61. The minimum absolute atomic E-state index is 0.0879. The van der Waals surface area contributed by atoms with Crippen molar-refractivity contribution in [3.63, 3.8) is 0 Å². The van der Waals surface area contributed by atoms with Gasteiger partial charge in [0, 0.05) is 19.6 Å². The van der Waals surface area contributed by atoms with Gasteiger partial charge in [0.25, 0.3) is 0 Å². The molecule has 1 aromatic carbocycles. The number of aliphatic hydroxyl groups is 1. The smallest absolute Gasteiger partial charge is 0.244 e. The number of nitrogens with zero attached hydrogens (tertiary/aromatic N) is 1. The van der Waals surface area contributed by atoms with E-state index in [0.717, 1.165) is 18.5 Å². The second-order valence-electron chi connectivity index (χ2n) is 5.84. The van der Waals surface area contributed by atoms with Gasteiger partial charge in [-0.3, -0.25) is 4.79 Å². The summed E-state index contributed by atoms with van der Waals surface area (Å²) in [5.74, 6) is 0.0879. The fourth-order valence-corrected chi connectivity index (χ4v) is 3.04. The Hall–Kier alpha value is -1.39. The number of amides is 1. The number of rotatable bonds is 1. The van der Waals surface area contributed by atoms with Crippen LogP contribution in [0.5, 0.6) is 0 Å². The lowest BCUT2D eigenvalue weighted by atomic mass is 9.93. The van der Waals surface area contributed by atoms with Crippen LogP contribution in [0.3, 0.4) is 0 Å². The summed E-state index contributed by atoms with van der Waals surface area (Å²) in [7, 11) is 0. The molecule has 2 atom stereocenters. The number of fused-ring (bicyclic) bond motifs is 1. The van der Waals surface area contributed by atoms with Crippen molar-refractivity contribution < 1.29 is 9.90 Å². The van der Waals surface area contributed by atoms with Gasteiger partial charge < -0.3 is 15.3 Å². The van der Waals surface area contributed by atoms with Crippen LogP contribution >= 0.6 is 0 Å². The zero-order valence-electron chi connectivity index (χ0n) is 11.2. The van der Waals surface area contributed by atoms with Gasteiger partial charge in [-0.15, -0.1) is 0 Å². The van der Waals surface area contributed by atoms with E-state index in [0.29, 0.717) is 19.5 Å². The third-order valence-corrected chi connectivity index (χ3v) is 4.12. The van der Waals surface area contributed by atoms with Gasteiger partial charge in [0.2, 0.25) is 5.91 Å². The number of carbonyl (C=O) groups is 1. The van der Waals surface area contributed by atoms with E-state index in [1.807, 2.05) is 18.2 Å². The molecule has 2 unspecified atom stereocenters. The SMILES string of the molecule is CC1(O)CCN(C(=O)C2NCCc3ccccc32)C1. The molecule has 0 aromatic heterocycles. The number of nitrogens with one attached hydrogen (secondary N) is 1. The van der Waals surface area contributed by atoms with Crippen molar-refractivity contribution in [2.75, 3.05) is 19.6 Å². The normalized spacial score (nSPS) is 30.2. The molecule has 1 saturated heterocycles. The molecule has 0 radical (unpaired) electrons. The van der Waals surface area contributed by atoms with E-state index < -0.39 is 5.60 Å². The second kappa shape index (κ2) is 4.62. The zero-order valence-corrected chi connectivity index (χ0v) is 11.2. The van der Waals surface area contributed by atoms with Gasteiger partial charge in [-0.05, 0) is 30.9 Å². The fourth-order valence-electron chi connectivity index (χ4n) is 3.04. The third-order valence-electron chi connectivity index (χ3n) is 4.12. The average Bonchev–Trinajstić information content (AvgIpc) is 2.78. The lowest BCUT2D eigenvalue weighted by Gasteiger charge is -2.30. The Bertz CT molecular complexity index is 499. The molecule has 2 heterocycles. The molecule has 2 N–H and O–H groups in total. The Kier molecular flexibility index (Phi) is 3.07. The van der Waals surface area contributed by atoms with E-state index in [-0.39, 0.29) is 11.9 Å². The summed E-state index contributed by atoms with van der Waals surface area (Å²) in [4.78, 5) is 14.4. The Morgan fingerprint density at radius 3 is 3.00 bits per heavy atom. The Balaban J connectivity index is 1.82. The van der Waals surface area contributed by atoms with E-state index in [1.165, 1.54) is 5.56 Å². The molecule has 0 spiro atoms. The number of likely N-dealkylation sites (tertiary alicyclic amines) is 1. The summed E-state index contributed by atoms with van der Waals surface area (Å²) in [5, 5.41) is 13.3. The topological polar surface area (TPSA) is 52.6 Å². The van der Waals surface area contributed by atoms with Crippen LogP contribution in [0.2, 0.25) is 0 Å². The molecule has 1 amide bonds. The van der Waals surface area contributed by atoms with E-state index in [2.05, 4.69) is 11.4 Å². The molecule has 0 saturated carbocycles. The largest absolute Gasteiger partial charge is 0.388 e. The summed E-state index contributed by atoms with van der Waals surface area (Å²) in [6.07, 6.45) is 1.63. The van der Waals surface area contributed by atoms with Crippen LogP contribution in [0, 0.1) is 0 Å². The van der Waals surface area contributed by atoms with E-state index in [1.54, 1.807) is 11.8 Å². The highest BCUT2D eigenvalue weighted by Crippen LogP contribution is 2.28. The molecular weight excluding hydrogens is 240 g/mol. The van der Waals surface area contributed by atoms with Crippen molar-refractivity contribution in [1.82, 2.24) is 10.2 Å². The van der Waals surface area contributed by atoms with Crippen LogP contribution in [0.15, 0.2) is 24.3 Å². The summed E-state index contributed by atoms with van der Waals surface area (Å²) < 4.78 is 0. The first-order valence-electron chi connectivity index (χ1n) is 6.89. The lowest BCUT2D eigenvalue weighted by molar-refractivity contribution is -0.133.